The number of nitrogens with zero attached hydrogens (tertiary/aromatic N) is 2. The number of hydrogen-bond acceptors (Lipinski definition) is 5. The van der Waals surface area contributed by atoms with Crippen molar-refractivity contribution in [1.29, 1.82) is 0 Å². The summed E-state index contributed by atoms with van der Waals surface area (Å²) in [4.78, 5) is 15.7. The molecule has 1 atom stereocenters. The number of likely N-dealkylation sites (N-methyl/N-ethyl adjacent to an activating group) is 1. The van der Waals surface area contributed by atoms with Crippen LogP contribution in [0.25, 0.3) is 0 Å². The lowest BCUT2D eigenvalue weighted by Crippen LogP contribution is -2.30. The van der Waals surface area contributed by atoms with Crippen molar-refractivity contribution in [2.75, 3.05) is 57.4 Å². The molecule has 6 nitrogen and oxygen atoms in total. The van der Waals surface area contributed by atoms with Gasteiger partial charge in [-0.1, -0.05) is 6.07 Å². The smallest absolute Gasteiger partial charge is 0.248 e. The SMILES string of the molecule is COCCN(CCOC)c1ccc2c(c1)N(C)C(=O)C2N. The quantitative estimate of drug-likeness (QED) is 0.804. The predicted octanol–water partition coefficient (Wildman–Crippen LogP) is 0.762. The Bertz CT molecular complexity index is 499. The van der Waals surface area contributed by atoms with Gasteiger partial charge in [-0.2, -0.15) is 0 Å². The van der Waals surface area contributed by atoms with E-state index in [-0.39, 0.29) is 5.91 Å². The Hall–Kier alpha value is -1.63. The van der Waals surface area contributed by atoms with E-state index in [1.54, 1.807) is 26.2 Å². The second-order valence-electron chi connectivity index (χ2n) is 5.09. The second kappa shape index (κ2) is 6.89. The van der Waals surface area contributed by atoms with Gasteiger partial charge in [0.05, 0.1) is 18.9 Å². The van der Waals surface area contributed by atoms with E-state index in [4.69, 9.17) is 15.2 Å². The standard InChI is InChI=1S/C15H23N3O3/c1-17-13-10-11(4-5-12(13)14(16)15(17)19)18(6-8-20-2)7-9-21-3/h4-5,10,14H,6-9,16H2,1-3H3. The van der Waals surface area contributed by atoms with Gasteiger partial charge in [-0.3, -0.25) is 4.79 Å². The fraction of sp³-hybridized carbons (Fsp3) is 0.533. The fourth-order valence-corrected chi connectivity index (χ4v) is 2.52. The molecule has 2 N–H and O–H groups in total. The van der Waals surface area contributed by atoms with E-state index in [0.717, 1.165) is 30.0 Å². The van der Waals surface area contributed by atoms with E-state index in [0.29, 0.717) is 13.2 Å². The van der Waals surface area contributed by atoms with Gasteiger partial charge in [-0.25, -0.2) is 0 Å². The number of nitrogens with two attached hydrogens (primary N) is 1. The van der Waals surface area contributed by atoms with Gasteiger partial charge in [-0.05, 0) is 12.1 Å². The third-order valence-corrected chi connectivity index (χ3v) is 3.80. The molecule has 6 heteroatoms. The van der Waals surface area contributed by atoms with Crippen LogP contribution in [0.3, 0.4) is 0 Å². The molecule has 0 aromatic heterocycles. The van der Waals surface area contributed by atoms with Crippen molar-refractivity contribution >= 4 is 17.3 Å². The van der Waals surface area contributed by atoms with Crippen molar-refractivity contribution in [2.24, 2.45) is 5.73 Å². The van der Waals surface area contributed by atoms with Crippen LogP contribution in [0.5, 0.6) is 0 Å². The summed E-state index contributed by atoms with van der Waals surface area (Å²) in [5.74, 6) is -0.0671. The number of carbonyl (C=O) groups is 1. The second-order valence-corrected chi connectivity index (χ2v) is 5.09. The normalized spacial score (nSPS) is 17.2. The summed E-state index contributed by atoms with van der Waals surface area (Å²) in [7, 11) is 5.12. The number of methoxy groups -OCH3 is 2. The number of hydrogen-bond donors (Lipinski definition) is 1. The Labute approximate surface area is 125 Å². The number of carbonyl (C=O) groups excluding carboxylic acids is 1. The number of fused-ring (bicyclic) bond motifs is 1. The summed E-state index contributed by atoms with van der Waals surface area (Å²) in [5, 5.41) is 0. The highest BCUT2D eigenvalue weighted by molar-refractivity contribution is 6.04. The van der Waals surface area contributed by atoms with Crippen LogP contribution < -0.4 is 15.5 Å². The van der Waals surface area contributed by atoms with Crippen molar-refractivity contribution in [1.82, 2.24) is 0 Å². The van der Waals surface area contributed by atoms with Gasteiger partial charge in [-0.15, -0.1) is 0 Å². The van der Waals surface area contributed by atoms with E-state index < -0.39 is 6.04 Å². The van der Waals surface area contributed by atoms with Crippen molar-refractivity contribution < 1.29 is 14.3 Å². The number of benzene rings is 1. The van der Waals surface area contributed by atoms with E-state index in [2.05, 4.69) is 4.90 Å². The molecule has 1 heterocycles. The summed E-state index contributed by atoms with van der Waals surface area (Å²) in [6, 6.07) is 5.39. The van der Waals surface area contributed by atoms with Crippen molar-refractivity contribution in [3.8, 4) is 0 Å². The first-order valence-corrected chi connectivity index (χ1v) is 7.00. The minimum atomic E-state index is -0.551. The molecule has 0 aliphatic carbocycles. The number of amides is 1. The van der Waals surface area contributed by atoms with Crippen LogP contribution in [-0.2, 0) is 14.3 Å². The average molecular weight is 293 g/mol. The van der Waals surface area contributed by atoms with Gasteiger partial charge in [0.2, 0.25) is 5.91 Å². The molecule has 1 aromatic rings. The molecule has 0 spiro atoms. The number of rotatable bonds is 7. The van der Waals surface area contributed by atoms with Crippen LogP contribution in [0, 0.1) is 0 Å². The maximum Gasteiger partial charge on any atom is 0.248 e. The lowest BCUT2D eigenvalue weighted by molar-refractivity contribution is -0.118. The zero-order chi connectivity index (χ0) is 15.4. The minimum absolute atomic E-state index is 0.0671. The fourth-order valence-electron chi connectivity index (χ4n) is 2.52. The van der Waals surface area contributed by atoms with E-state index in [9.17, 15) is 4.79 Å². The summed E-state index contributed by atoms with van der Waals surface area (Å²) >= 11 is 0. The van der Waals surface area contributed by atoms with Gasteiger partial charge in [0.25, 0.3) is 0 Å². The van der Waals surface area contributed by atoms with Crippen molar-refractivity contribution in [3.63, 3.8) is 0 Å². The number of ether oxygens (including phenoxy) is 2. The van der Waals surface area contributed by atoms with Crippen molar-refractivity contribution in [3.05, 3.63) is 23.8 Å². The maximum absolute atomic E-state index is 11.9. The first kappa shape index (κ1) is 15.8. The van der Waals surface area contributed by atoms with Gasteiger partial charge in [0, 0.05) is 45.6 Å². The Morgan fingerprint density at radius 3 is 2.43 bits per heavy atom. The molecule has 116 valence electrons. The van der Waals surface area contributed by atoms with Gasteiger partial charge < -0.3 is 25.0 Å². The third kappa shape index (κ3) is 3.18. The Morgan fingerprint density at radius 2 is 1.86 bits per heavy atom. The Morgan fingerprint density at radius 1 is 1.24 bits per heavy atom. The zero-order valence-electron chi connectivity index (χ0n) is 12.8. The molecule has 1 aliphatic heterocycles. The summed E-state index contributed by atoms with van der Waals surface area (Å²) < 4.78 is 10.3. The predicted molar refractivity (Wildman–Crippen MR) is 82.7 cm³/mol. The highest BCUT2D eigenvalue weighted by Crippen LogP contribution is 2.36. The first-order valence-electron chi connectivity index (χ1n) is 7.00. The van der Waals surface area contributed by atoms with Gasteiger partial charge >= 0.3 is 0 Å². The average Bonchev–Trinajstić information content (AvgIpc) is 2.72. The topological polar surface area (TPSA) is 68.0 Å². The van der Waals surface area contributed by atoms with Crippen molar-refractivity contribution in [2.45, 2.75) is 6.04 Å². The van der Waals surface area contributed by atoms with Crippen LogP contribution in [0.15, 0.2) is 18.2 Å². The molecular formula is C15H23N3O3. The summed E-state index contributed by atoms with van der Waals surface area (Å²) in [6.07, 6.45) is 0. The maximum atomic E-state index is 11.9. The molecule has 1 aliphatic rings. The molecule has 1 amide bonds. The minimum Gasteiger partial charge on any atom is -0.383 e. The largest absolute Gasteiger partial charge is 0.383 e. The van der Waals surface area contributed by atoms with Crippen LogP contribution in [0.4, 0.5) is 11.4 Å². The Balaban J connectivity index is 2.24. The molecule has 1 aromatic carbocycles. The van der Waals surface area contributed by atoms with Gasteiger partial charge in [0.15, 0.2) is 0 Å². The van der Waals surface area contributed by atoms with E-state index >= 15 is 0 Å². The van der Waals surface area contributed by atoms with Crippen LogP contribution in [0.1, 0.15) is 11.6 Å². The zero-order valence-corrected chi connectivity index (χ0v) is 12.8. The lowest BCUT2D eigenvalue weighted by atomic mass is 10.1. The van der Waals surface area contributed by atoms with Crippen LogP contribution in [0.2, 0.25) is 0 Å². The Kier molecular flexibility index (Phi) is 5.17. The molecular weight excluding hydrogens is 270 g/mol. The molecule has 21 heavy (non-hydrogen) atoms. The molecule has 1 unspecified atom stereocenters. The monoisotopic (exact) mass is 293 g/mol. The molecule has 0 saturated heterocycles. The molecule has 0 fully saturated rings. The molecule has 0 saturated carbocycles. The molecule has 0 radical (unpaired) electrons. The lowest BCUT2D eigenvalue weighted by Gasteiger charge is -2.25. The first-order chi connectivity index (χ1) is 10.1. The van der Waals surface area contributed by atoms with Crippen LogP contribution >= 0.6 is 0 Å². The van der Waals surface area contributed by atoms with Crippen LogP contribution in [-0.4, -0.2) is 53.5 Å². The highest BCUT2D eigenvalue weighted by atomic mass is 16.5. The summed E-state index contributed by atoms with van der Waals surface area (Å²) in [6.45, 7) is 2.80. The highest BCUT2D eigenvalue weighted by Gasteiger charge is 2.32. The van der Waals surface area contributed by atoms with Gasteiger partial charge in [0.1, 0.15) is 6.04 Å². The third-order valence-electron chi connectivity index (χ3n) is 3.80. The summed E-state index contributed by atoms with van der Waals surface area (Å²) in [5.41, 5.74) is 8.72. The molecule has 0 bridgehead atoms. The van der Waals surface area contributed by atoms with E-state index in [1.807, 2.05) is 18.2 Å². The van der Waals surface area contributed by atoms with E-state index in [1.165, 1.54) is 0 Å². The molecule has 2 rings (SSSR count). The number of anilines is 2.